The molecule has 0 unspecified atom stereocenters. The van der Waals surface area contributed by atoms with E-state index >= 15 is 0 Å². The van der Waals surface area contributed by atoms with Crippen LogP contribution < -0.4 is 18.9 Å². The highest BCUT2D eigenvalue weighted by Gasteiger charge is 2.17. The van der Waals surface area contributed by atoms with Crippen LogP contribution in [0, 0.1) is 0 Å². The number of benzene rings is 2. The van der Waals surface area contributed by atoms with Crippen molar-refractivity contribution in [3.8, 4) is 23.0 Å². The van der Waals surface area contributed by atoms with Gasteiger partial charge in [0, 0.05) is 0 Å². The van der Waals surface area contributed by atoms with E-state index in [1.807, 2.05) is 12.1 Å². The van der Waals surface area contributed by atoms with Gasteiger partial charge < -0.3 is 18.9 Å². The lowest BCUT2D eigenvalue weighted by Gasteiger charge is -2.17. The third kappa shape index (κ3) is 32.7. The summed E-state index contributed by atoms with van der Waals surface area (Å²) in [4.78, 5) is 1.29. The summed E-state index contributed by atoms with van der Waals surface area (Å²) in [5.74, 6) is 3.15. The zero-order valence-corrected chi connectivity index (χ0v) is 46.7. The summed E-state index contributed by atoms with van der Waals surface area (Å²) in [7, 11) is 0. The number of unbranched alkanes of at least 4 members (excludes halogenated alkanes) is 36. The third-order valence-corrected chi connectivity index (χ3v) is 14.6. The molecule has 0 aliphatic rings. The fourth-order valence-electron chi connectivity index (χ4n) is 9.11. The lowest BCUT2D eigenvalue weighted by atomic mass is 10.0. The first kappa shape index (κ1) is 61.9. The zero-order valence-electron chi connectivity index (χ0n) is 45.0. The van der Waals surface area contributed by atoms with Crippen LogP contribution in [-0.4, -0.2) is 36.2 Å². The minimum Gasteiger partial charge on any atom is -0.490 e. The minimum absolute atomic E-state index is 0.643. The number of thiocarbonyl (C=S) groups is 2. The maximum Gasteiger partial charge on any atom is 0.161 e. The summed E-state index contributed by atoms with van der Waals surface area (Å²) in [5.41, 5.74) is 1.78. The van der Waals surface area contributed by atoms with Crippen LogP contribution in [0.15, 0.2) is 36.4 Å². The Balaban J connectivity index is 2.05. The molecule has 0 fully saturated rings. The van der Waals surface area contributed by atoms with Gasteiger partial charge in [-0.25, -0.2) is 0 Å². The van der Waals surface area contributed by atoms with Crippen LogP contribution in [0.3, 0.4) is 0 Å². The largest absolute Gasteiger partial charge is 0.490 e. The Morgan fingerprint density at radius 1 is 0.265 bits per heavy atom. The SMILES string of the molecule is CCCCCCCCCCCCOc1ccc(C(=S)C(=S)c2ccc(OCCCCCCCCCCCC)c(OCCCCCCCCCCCC)c2)cc1OCCCCCCCCCCCC. The maximum absolute atomic E-state index is 6.50. The Hall–Kier alpha value is -2.18. The molecule has 2 aromatic rings. The van der Waals surface area contributed by atoms with Crippen molar-refractivity contribution < 1.29 is 18.9 Å². The van der Waals surface area contributed by atoms with Gasteiger partial charge in [0.2, 0.25) is 0 Å². The van der Waals surface area contributed by atoms with Gasteiger partial charge in [0.1, 0.15) is 0 Å². The summed E-state index contributed by atoms with van der Waals surface area (Å²) in [5, 5.41) is 0. The summed E-state index contributed by atoms with van der Waals surface area (Å²) < 4.78 is 25.8. The Bertz CT molecular complexity index is 1370. The molecule has 0 N–H and O–H groups in total. The highest BCUT2D eigenvalue weighted by molar-refractivity contribution is 7.90. The topological polar surface area (TPSA) is 36.9 Å². The first-order valence-electron chi connectivity index (χ1n) is 29.4. The van der Waals surface area contributed by atoms with Crippen LogP contribution in [0.2, 0.25) is 0 Å². The molecule has 390 valence electrons. The first-order valence-corrected chi connectivity index (χ1v) is 30.3. The smallest absolute Gasteiger partial charge is 0.161 e. The predicted octanol–water partition coefficient (Wildman–Crippen LogP) is 21.0. The molecular formula is C62H106O4S2. The zero-order chi connectivity index (χ0) is 48.8. The van der Waals surface area contributed by atoms with Gasteiger partial charge in [0.25, 0.3) is 0 Å². The van der Waals surface area contributed by atoms with E-state index in [-0.39, 0.29) is 0 Å². The van der Waals surface area contributed by atoms with Gasteiger partial charge in [-0.3, -0.25) is 0 Å². The van der Waals surface area contributed by atoms with Gasteiger partial charge in [0.05, 0.1) is 36.2 Å². The van der Waals surface area contributed by atoms with E-state index in [0.717, 1.165) is 59.8 Å². The van der Waals surface area contributed by atoms with Crippen molar-refractivity contribution in [2.45, 2.75) is 285 Å². The van der Waals surface area contributed by atoms with Crippen LogP contribution in [0.4, 0.5) is 0 Å². The quantitative estimate of drug-likeness (QED) is 0.0374. The minimum atomic E-state index is 0.643. The van der Waals surface area contributed by atoms with Crippen molar-refractivity contribution in [3.05, 3.63) is 47.5 Å². The molecule has 4 nitrogen and oxygen atoms in total. The second kappa shape index (κ2) is 45.9. The molecule has 0 saturated carbocycles. The van der Waals surface area contributed by atoms with Crippen LogP contribution in [0.5, 0.6) is 23.0 Å². The van der Waals surface area contributed by atoms with E-state index in [1.165, 1.54) is 231 Å². The van der Waals surface area contributed by atoms with Gasteiger partial charge in [-0.1, -0.05) is 283 Å². The van der Waals surface area contributed by atoms with Crippen LogP contribution in [0.1, 0.15) is 296 Å². The lowest BCUT2D eigenvalue weighted by molar-refractivity contribution is 0.258. The fraction of sp³-hybridized carbons (Fsp3) is 0.774. The standard InChI is InChI=1S/C62H106O4S2/c1-5-9-13-17-21-25-29-33-37-41-49-63-57-47-45-55(53-59(57)65-51-43-39-35-31-27-23-19-15-11-7-3)61(67)62(68)56-46-48-58(64-50-42-38-34-30-26-22-18-14-10-6-2)60(54-56)66-52-44-40-36-32-28-24-20-16-12-8-4/h45-48,53-54H,5-44,49-52H2,1-4H3. The highest BCUT2D eigenvalue weighted by atomic mass is 32.1. The summed E-state index contributed by atoms with van der Waals surface area (Å²) >= 11 is 12.3. The average Bonchev–Trinajstić information content (AvgIpc) is 3.35. The Labute approximate surface area is 432 Å². The van der Waals surface area contributed by atoms with Crippen molar-refractivity contribution in [1.82, 2.24) is 0 Å². The molecule has 0 heterocycles. The van der Waals surface area contributed by atoms with Crippen molar-refractivity contribution >= 4 is 34.2 Å². The molecule has 0 radical (unpaired) electrons. The van der Waals surface area contributed by atoms with E-state index < -0.39 is 0 Å². The first-order chi connectivity index (χ1) is 33.5. The van der Waals surface area contributed by atoms with Crippen molar-refractivity contribution in [2.75, 3.05) is 26.4 Å². The third-order valence-electron chi connectivity index (χ3n) is 13.6. The molecule has 0 atom stereocenters. The molecule has 6 heteroatoms. The fourth-order valence-corrected chi connectivity index (χ4v) is 9.60. The molecule has 0 spiro atoms. The molecule has 0 aromatic heterocycles. The molecule has 0 amide bonds. The lowest BCUT2D eigenvalue weighted by Crippen LogP contribution is -2.13. The Morgan fingerprint density at radius 3 is 0.676 bits per heavy atom. The van der Waals surface area contributed by atoms with Gasteiger partial charge in [0.15, 0.2) is 23.0 Å². The van der Waals surface area contributed by atoms with Crippen molar-refractivity contribution in [2.24, 2.45) is 0 Å². The van der Waals surface area contributed by atoms with Gasteiger partial charge in [-0.15, -0.1) is 0 Å². The summed E-state index contributed by atoms with van der Waals surface area (Å²) in [6, 6.07) is 12.3. The van der Waals surface area contributed by atoms with Crippen molar-refractivity contribution in [1.29, 1.82) is 0 Å². The molecular weight excluding hydrogens is 873 g/mol. The Kier molecular flexibility index (Phi) is 41.8. The highest BCUT2D eigenvalue weighted by Crippen LogP contribution is 2.33. The van der Waals surface area contributed by atoms with Crippen molar-refractivity contribution in [3.63, 3.8) is 0 Å². The van der Waals surface area contributed by atoms with E-state index in [1.54, 1.807) is 0 Å². The van der Waals surface area contributed by atoms with E-state index in [2.05, 4.69) is 52.0 Å². The van der Waals surface area contributed by atoms with Gasteiger partial charge >= 0.3 is 0 Å². The molecule has 2 aromatic carbocycles. The van der Waals surface area contributed by atoms with E-state index in [0.29, 0.717) is 36.2 Å². The molecule has 0 aliphatic carbocycles. The number of hydrogen-bond acceptors (Lipinski definition) is 6. The van der Waals surface area contributed by atoms with Gasteiger partial charge in [-0.05, 0) is 73.2 Å². The molecule has 2 rings (SSSR count). The maximum atomic E-state index is 6.50. The Morgan fingerprint density at radius 2 is 0.456 bits per heavy atom. The monoisotopic (exact) mass is 979 g/mol. The molecule has 0 bridgehead atoms. The second-order valence-corrected chi connectivity index (χ2v) is 20.9. The second-order valence-electron chi connectivity index (χ2n) is 20.1. The molecule has 68 heavy (non-hydrogen) atoms. The number of hydrogen-bond donors (Lipinski definition) is 0. The molecule has 0 aliphatic heterocycles. The number of rotatable bonds is 51. The predicted molar refractivity (Wildman–Crippen MR) is 306 cm³/mol. The average molecular weight is 980 g/mol. The van der Waals surface area contributed by atoms with Crippen LogP contribution in [0.25, 0.3) is 0 Å². The molecule has 0 saturated heterocycles. The van der Waals surface area contributed by atoms with Crippen LogP contribution in [-0.2, 0) is 0 Å². The summed E-state index contributed by atoms with van der Waals surface area (Å²) in [6.45, 7) is 11.9. The van der Waals surface area contributed by atoms with E-state index in [9.17, 15) is 0 Å². The normalized spacial score (nSPS) is 11.3. The number of ether oxygens (including phenoxy) is 4. The van der Waals surface area contributed by atoms with Gasteiger partial charge in [-0.2, -0.15) is 0 Å². The summed E-state index contributed by atoms with van der Waals surface area (Å²) in [6.07, 6.45) is 52.1. The van der Waals surface area contributed by atoms with E-state index in [4.69, 9.17) is 43.4 Å². The van der Waals surface area contributed by atoms with Crippen LogP contribution >= 0.6 is 24.4 Å².